The number of nitrogens with zero attached hydrogens (tertiary/aromatic N) is 2. The Morgan fingerprint density at radius 3 is 2.33 bits per heavy atom. The smallest absolute Gasteiger partial charge is 0.407 e. The van der Waals surface area contributed by atoms with Gasteiger partial charge in [0.1, 0.15) is 6.61 Å². The Balaban J connectivity index is 1.47. The zero-order valence-corrected chi connectivity index (χ0v) is 16.6. The first-order valence-electron chi connectivity index (χ1n) is 9.91. The summed E-state index contributed by atoms with van der Waals surface area (Å²) in [7, 11) is 0. The third kappa shape index (κ3) is 3.91. The molecular weight excluding hydrogens is 382 g/mol. The molecule has 0 bridgehead atoms. The maximum atomic E-state index is 12.5. The van der Waals surface area contributed by atoms with Crippen molar-refractivity contribution in [2.75, 3.05) is 6.61 Å². The number of alkyl carbamates (subject to hydrolysis) is 1. The van der Waals surface area contributed by atoms with Crippen molar-refractivity contribution < 1.29 is 19.4 Å². The van der Waals surface area contributed by atoms with E-state index in [0.717, 1.165) is 22.3 Å². The van der Waals surface area contributed by atoms with Crippen molar-refractivity contribution in [3.8, 4) is 11.1 Å². The number of nitrogens with one attached hydrogen (secondary N) is 1. The van der Waals surface area contributed by atoms with Crippen LogP contribution in [-0.4, -0.2) is 33.3 Å². The largest absolute Gasteiger partial charge is 0.481 e. The van der Waals surface area contributed by atoms with Crippen molar-refractivity contribution in [2.45, 2.75) is 31.8 Å². The molecule has 4 rings (SSSR count). The molecule has 0 spiro atoms. The number of hydrogen-bond donors (Lipinski definition) is 2. The molecule has 1 aromatic heterocycles. The summed E-state index contributed by atoms with van der Waals surface area (Å²) in [5.41, 5.74) is 5.03. The number of carbonyl (C=O) groups is 2. The quantitative estimate of drug-likeness (QED) is 0.621. The van der Waals surface area contributed by atoms with Crippen molar-refractivity contribution in [2.24, 2.45) is 0 Å². The number of hydrogen-bond acceptors (Lipinski definition) is 4. The molecule has 0 saturated heterocycles. The van der Waals surface area contributed by atoms with Crippen LogP contribution in [0.1, 0.15) is 42.1 Å². The number of rotatable bonds is 7. The average molecular weight is 405 g/mol. The second-order valence-electron chi connectivity index (χ2n) is 7.25. The molecule has 0 saturated carbocycles. The van der Waals surface area contributed by atoms with Crippen LogP contribution < -0.4 is 5.32 Å². The molecule has 3 aromatic rings. The lowest BCUT2D eigenvalue weighted by Crippen LogP contribution is -2.32. The van der Waals surface area contributed by atoms with Gasteiger partial charge >= 0.3 is 12.1 Å². The number of carboxylic acid groups (broad SMARTS) is 1. The monoisotopic (exact) mass is 405 g/mol. The highest BCUT2D eigenvalue weighted by Crippen LogP contribution is 2.44. The summed E-state index contributed by atoms with van der Waals surface area (Å²) in [6.45, 7) is 2.83. The second-order valence-corrected chi connectivity index (χ2v) is 7.25. The van der Waals surface area contributed by atoms with E-state index in [2.05, 4.69) is 22.4 Å². The van der Waals surface area contributed by atoms with Gasteiger partial charge in [0.2, 0.25) is 0 Å². The van der Waals surface area contributed by atoms with E-state index in [4.69, 9.17) is 4.74 Å². The van der Waals surface area contributed by atoms with Gasteiger partial charge in [-0.25, -0.2) is 9.78 Å². The Morgan fingerprint density at radius 2 is 1.77 bits per heavy atom. The van der Waals surface area contributed by atoms with E-state index in [1.807, 2.05) is 47.9 Å². The highest BCUT2D eigenvalue weighted by molar-refractivity contribution is 5.79. The molecule has 7 heteroatoms. The van der Waals surface area contributed by atoms with Crippen LogP contribution in [0.15, 0.2) is 61.1 Å². The Morgan fingerprint density at radius 1 is 1.13 bits per heavy atom. The van der Waals surface area contributed by atoms with E-state index in [-0.39, 0.29) is 18.9 Å². The van der Waals surface area contributed by atoms with Gasteiger partial charge in [0.25, 0.3) is 0 Å². The Labute approximate surface area is 174 Å². The SMILES string of the molecule is CCn1cnc([C@@H](CC(=O)O)NC(=O)OCC2c3ccccc3-c3ccccc32)c1. The molecule has 0 fully saturated rings. The maximum Gasteiger partial charge on any atom is 0.407 e. The lowest BCUT2D eigenvalue weighted by molar-refractivity contribution is -0.137. The van der Waals surface area contributed by atoms with Crippen molar-refractivity contribution in [1.29, 1.82) is 0 Å². The molecule has 2 N–H and O–H groups in total. The van der Waals surface area contributed by atoms with Crippen LogP contribution in [-0.2, 0) is 16.1 Å². The van der Waals surface area contributed by atoms with Crippen LogP contribution in [0.2, 0.25) is 0 Å². The highest BCUT2D eigenvalue weighted by atomic mass is 16.5. The van der Waals surface area contributed by atoms with E-state index in [1.54, 1.807) is 12.5 Å². The minimum Gasteiger partial charge on any atom is -0.481 e. The summed E-state index contributed by atoms with van der Waals surface area (Å²) in [6, 6.07) is 15.4. The average Bonchev–Trinajstić information content (AvgIpc) is 3.35. The molecule has 0 aliphatic heterocycles. The molecular formula is C23H23N3O4. The Hall–Kier alpha value is -3.61. The zero-order chi connectivity index (χ0) is 21.1. The van der Waals surface area contributed by atoms with Crippen LogP contribution in [0.25, 0.3) is 11.1 Å². The molecule has 1 aliphatic carbocycles. The lowest BCUT2D eigenvalue weighted by Gasteiger charge is -2.18. The minimum atomic E-state index is -1.02. The van der Waals surface area contributed by atoms with Gasteiger partial charge in [-0.15, -0.1) is 0 Å². The van der Waals surface area contributed by atoms with Crippen molar-refractivity contribution in [1.82, 2.24) is 14.9 Å². The predicted octanol–water partition coefficient (Wildman–Crippen LogP) is 3.96. The van der Waals surface area contributed by atoms with E-state index in [9.17, 15) is 14.7 Å². The molecule has 1 aliphatic rings. The number of fused-ring (bicyclic) bond motifs is 3. The van der Waals surface area contributed by atoms with Gasteiger partial charge in [-0.3, -0.25) is 4.79 Å². The van der Waals surface area contributed by atoms with Crippen LogP contribution in [0.5, 0.6) is 0 Å². The molecule has 154 valence electrons. The first-order chi connectivity index (χ1) is 14.6. The fourth-order valence-corrected chi connectivity index (χ4v) is 3.92. The van der Waals surface area contributed by atoms with E-state index < -0.39 is 18.1 Å². The zero-order valence-electron chi connectivity index (χ0n) is 16.6. The van der Waals surface area contributed by atoms with E-state index in [0.29, 0.717) is 12.2 Å². The van der Waals surface area contributed by atoms with Crippen molar-refractivity contribution in [3.05, 3.63) is 77.9 Å². The number of aliphatic carboxylic acids is 1. The third-order valence-electron chi connectivity index (χ3n) is 5.39. The van der Waals surface area contributed by atoms with E-state index in [1.165, 1.54) is 0 Å². The summed E-state index contributed by atoms with van der Waals surface area (Å²) in [6.07, 6.45) is 2.42. The van der Waals surface area contributed by atoms with Crippen LogP contribution in [0.3, 0.4) is 0 Å². The standard InChI is InChI=1S/C23H23N3O4/c1-2-26-12-21(24-14-26)20(11-22(27)28)25-23(29)30-13-19-17-9-5-3-7-15(17)16-8-4-6-10-18(16)19/h3-10,12,14,19-20H,2,11,13H2,1H3,(H,25,29)(H,27,28)/t20-/m1/s1. The van der Waals surface area contributed by atoms with Crippen LogP contribution in [0, 0.1) is 0 Å². The van der Waals surface area contributed by atoms with Crippen molar-refractivity contribution >= 4 is 12.1 Å². The van der Waals surface area contributed by atoms with E-state index >= 15 is 0 Å². The molecule has 1 heterocycles. The summed E-state index contributed by atoms with van der Waals surface area (Å²) in [5, 5.41) is 11.9. The first kappa shape index (κ1) is 19.7. The predicted molar refractivity (Wildman–Crippen MR) is 111 cm³/mol. The highest BCUT2D eigenvalue weighted by Gasteiger charge is 2.29. The lowest BCUT2D eigenvalue weighted by atomic mass is 9.98. The van der Waals surface area contributed by atoms with Gasteiger partial charge in [0, 0.05) is 18.7 Å². The number of aromatic nitrogens is 2. The number of carbonyl (C=O) groups excluding carboxylic acids is 1. The topological polar surface area (TPSA) is 93.5 Å². The van der Waals surface area contributed by atoms with Crippen molar-refractivity contribution in [3.63, 3.8) is 0 Å². The fraction of sp³-hybridized carbons (Fsp3) is 0.261. The number of carboxylic acids is 1. The van der Waals surface area contributed by atoms with Crippen LogP contribution in [0.4, 0.5) is 4.79 Å². The summed E-state index contributed by atoms with van der Waals surface area (Å²) in [4.78, 5) is 28.0. The molecule has 0 radical (unpaired) electrons. The number of aryl methyl sites for hydroxylation is 1. The minimum absolute atomic E-state index is 0.0552. The molecule has 30 heavy (non-hydrogen) atoms. The molecule has 0 unspecified atom stereocenters. The third-order valence-corrected chi connectivity index (χ3v) is 5.39. The summed E-state index contributed by atoms with van der Waals surface area (Å²) >= 11 is 0. The second kappa shape index (κ2) is 8.41. The van der Waals surface area contributed by atoms with Gasteiger partial charge < -0.3 is 19.7 Å². The summed E-state index contributed by atoms with van der Waals surface area (Å²) < 4.78 is 7.35. The number of ether oxygens (including phenoxy) is 1. The number of amides is 1. The molecule has 2 aromatic carbocycles. The molecule has 1 atom stereocenters. The molecule has 7 nitrogen and oxygen atoms in total. The van der Waals surface area contributed by atoms with Gasteiger partial charge in [-0.2, -0.15) is 0 Å². The summed E-state index contributed by atoms with van der Waals surface area (Å²) in [5.74, 6) is -1.08. The normalized spacial score (nSPS) is 13.4. The molecule has 1 amide bonds. The van der Waals surface area contributed by atoms with Gasteiger partial charge in [-0.05, 0) is 29.2 Å². The maximum absolute atomic E-state index is 12.5. The van der Waals surface area contributed by atoms with Crippen LogP contribution >= 0.6 is 0 Å². The number of imidazole rings is 1. The number of benzene rings is 2. The van der Waals surface area contributed by atoms with Gasteiger partial charge in [0.15, 0.2) is 0 Å². The Kier molecular flexibility index (Phi) is 5.52. The fourth-order valence-electron chi connectivity index (χ4n) is 3.92. The Bertz CT molecular complexity index is 1030. The van der Waals surface area contributed by atoms with Gasteiger partial charge in [0.05, 0.1) is 24.5 Å². The first-order valence-corrected chi connectivity index (χ1v) is 9.91. The van der Waals surface area contributed by atoms with Gasteiger partial charge in [-0.1, -0.05) is 48.5 Å².